The summed E-state index contributed by atoms with van der Waals surface area (Å²) in [5.74, 6) is 0. The van der Waals surface area contributed by atoms with Gasteiger partial charge in [-0.3, -0.25) is 0 Å². The zero-order valence-electron chi connectivity index (χ0n) is 17.6. The third-order valence-corrected chi connectivity index (χ3v) is 5.82. The molecule has 0 amide bonds. The lowest BCUT2D eigenvalue weighted by Crippen LogP contribution is -2.40. The molecule has 0 unspecified atom stereocenters. The fraction of sp³-hybridized carbons (Fsp3) is 1.00. The molecule has 0 aliphatic heterocycles. The zero-order valence-corrected chi connectivity index (χ0v) is 18.8. The van der Waals surface area contributed by atoms with Crippen LogP contribution in [0.1, 0.15) is 57.8 Å². The maximum absolute atomic E-state index is 6.11. The van der Waals surface area contributed by atoms with E-state index in [-0.39, 0.29) is 18.1 Å². The van der Waals surface area contributed by atoms with Crippen LogP contribution in [-0.4, -0.2) is 72.7 Å². The average molecular weight is 421 g/mol. The van der Waals surface area contributed by atoms with Gasteiger partial charge in [0, 0.05) is 37.9 Å². The highest BCUT2D eigenvalue weighted by molar-refractivity contribution is 6.36. The standard InChI is InChI=1S/3C6H15N2O.Al/c3*7-4-2-1-3-6(8)5-9;/h3*6H,1-5,7-8H2;/q3*-1;+3/t3*6-;/m000./s1. The molecule has 0 spiro atoms. The topological polar surface area (TPSA) is 184 Å². The Labute approximate surface area is 176 Å². The molecule has 0 bridgehead atoms. The predicted octanol–water partition coefficient (Wildman–Crippen LogP) is -0.610. The van der Waals surface area contributed by atoms with Crippen molar-refractivity contribution in [1.82, 2.24) is 0 Å². The van der Waals surface area contributed by atoms with Crippen molar-refractivity contribution in [1.29, 1.82) is 0 Å². The molecule has 0 saturated carbocycles. The highest BCUT2D eigenvalue weighted by Gasteiger charge is 2.33. The van der Waals surface area contributed by atoms with Gasteiger partial charge in [-0.2, -0.15) is 0 Å². The van der Waals surface area contributed by atoms with Crippen LogP contribution in [0, 0.1) is 0 Å². The minimum Gasteiger partial charge on any atom is -0.453 e. The van der Waals surface area contributed by atoms with E-state index >= 15 is 0 Å². The van der Waals surface area contributed by atoms with Crippen molar-refractivity contribution >= 4 is 15.1 Å². The Morgan fingerprint density at radius 3 is 1.04 bits per heavy atom. The van der Waals surface area contributed by atoms with Crippen molar-refractivity contribution in [3.8, 4) is 0 Å². The zero-order chi connectivity index (χ0) is 21.0. The molecule has 0 aromatic heterocycles. The lowest BCUT2D eigenvalue weighted by atomic mass is 10.1. The second kappa shape index (κ2) is 20.4. The van der Waals surface area contributed by atoms with Crippen LogP contribution in [0.5, 0.6) is 0 Å². The smallest absolute Gasteiger partial charge is 0.453 e. The Morgan fingerprint density at radius 1 is 0.500 bits per heavy atom. The summed E-state index contributed by atoms with van der Waals surface area (Å²) in [5, 5.41) is 0. The van der Waals surface area contributed by atoms with Gasteiger partial charge in [-0.1, -0.05) is 19.3 Å². The minimum atomic E-state index is -2.34. The second-order valence-corrected chi connectivity index (χ2v) is 9.00. The summed E-state index contributed by atoms with van der Waals surface area (Å²) in [4.78, 5) is 0. The van der Waals surface area contributed by atoms with Gasteiger partial charge in [-0.25, -0.2) is 0 Å². The molecule has 168 valence electrons. The molecule has 0 rings (SSSR count). The third-order valence-electron chi connectivity index (χ3n) is 4.43. The number of hydrogen-bond donors (Lipinski definition) is 6. The van der Waals surface area contributed by atoms with E-state index in [1.165, 1.54) is 0 Å². The fourth-order valence-corrected chi connectivity index (χ4v) is 4.16. The Morgan fingerprint density at radius 2 is 0.786 bits per heavy atom. The van der Waals surface area contributed by atoms with Gasteiger partial charge in [0.2, 0.25) is 0 Å². The van der Waals surface area contributed by atoms with Crippen LogP contribution in [0.25, 0.3) is 0 Å². The summed E-state index contributed by atoms with van der Waals surface area (Å²) >= 11 is -2.34. The Balaban J connectivity index is 4.27. The SMILES string of the molecule is NCCCC[C@H](N)C[O][Al]([O]C[C@@H](N)CCCCN)[O]C[C@@H](N)CCCCN. The van der Waals surface area contributed by atoms with Gasteiger partial charge >= 0.3 is 15.1 Å². The van der Waals surface area contributed by atoms with Gasteiger partial charge in [0.25, 0.3) is 0 Å². The maximum atomic E-state index is 6.11. The van der Waals surface area contributed by atoms with Gasteiger partial charge in [0.05, 0.1) is 0 Å². The van der Waals surface area contributed by atoms with Gasteiger partial charge in [0.1, 0.15) is 0 Å². The third kappa shape index (κ3) is 18.2. The van der Waals surface area contributed by atoms with Crippen LogP contribution in [0.4, 0.5) is 0 Å². The Kier molecular flexibility index (Phi) is 20.6. The molecule has 0 aromatic rings. The van der Waals surface area contributed by atoms with Crippen molar-refractivity contribution in [2.24, 2.45) is 34.4 Å². The van der Waals surface area contributed by atoms with E-state index in [0.29, 0.717) is 39.5 Å². The van der Waals surface area contributed by atoms with Crippen molar-refractivity contribution in [2.45, 2.75) is 75.9 Å². The van der Waals surface area contributed by atoms with E-state index in [4.69, 9.17) is 45.8 Å². The van der Waals surface area contributed by atoms with E-state index in [2.05, 4.69) is 0 Å². The van der Waals surface area contributed by atoms with E-state index in [9.17, 15) is 0 Å². The first-order valence-corrected chi connectivity index (χ1v) is 12.2. The molecule has 0 saturated heterocycles. The van der Waals surface area contributed by atoms with Crippen LogP contribution in [0.3, 0.4) is 0 Å². The van der Waals surface area contributed by atoms with E-state index in [1.807, 2.05) is 0 Å². The molecule has 0 aliphatic carbocycles. The summed E-state index contributed by atoms with van der Waals surface area (Å²) in [7, 11) is 0. The Hall–Kier alpha value is 0.172. The summed E-state index contributed by atoms with van der Waals surface area (Å²) < 4.78 is 17.6. The predicted molar refractivity (Wildman–Crippen MR) is 116 cm³/mol. The number of unbranched alkanes of at least 4 members (excludes halogenated alkanes) is 3. The molecule has 28 heavy (non-hydrogen) atoms. The first kappa shape index (κ1) is 28.2. The molecule has 0 fully saturated rings. The van der Waals surface area contributed by atoms with Gasteiger partial charge in [0.15, 0.2) is 0 Å². The highest BCUT2D eigenvalue weighted by Crippen LogP contribution is 2.05. The lowest BCUT2D eigenvalue weighted by molar-refractivity contribution is 0.0768. The number of hydrogen-bond acceptors (Lipinski definition) is 9. The quantitative estimate of drug-likeness (QED) is 0.104. The summed E-state index contributed by atoms with van der Waals surface area (Å²) in [6.45, 7) is 3.27. The second-order valence-electron chi connectivity index (χ2n) is 7.42. The summed E-state index contributed by atoms with van der Waals surface area (Å²) in [5.41, 5.74) is 34.9. The van der Waals surface area contributed by atoms with E-state index in [0.717, 1.165) is 57.8 Å². The van der Waals surface area contributed by atoms with Crippen molar-refractivity contribution in [3.05, 3.63) is 0 Å². The normalized spacial score (nSPS) is 14.8. The first-order chi connectivity index (χ1) is 13.5. The van der Waals surface area contributed by atoms with Crippen LogP contribution < -0.4 is 34.4 Å². The maximum Gasteiger partial charge on any atom is 0.905 e. The average Bonchev–Trinajstić information content (AvgIpc) is 2.68. The molecule has 0 aromatic carbocycles. The summed E-state index contributed by atoms with van der Waals surface area (Å²) in [6.07, 6.45) is 8.50. The molecule has 9 nitrogen and oxygen atoms in total. The summed E-state index contributed by atoms with van der Waals surface area (Å²) in [6, 6.07) is -0.152. The molecular weight excluding hydrogens is 375 g/mol. The van der Waals surface area contributed by atoms with Crippen molar-refractivity contribution in [2.75, 3.05) is 39.5 Å². The van der Waals surface area contributed by atoms with Crippen LogP contribution in [-0.2, 0) is 11.4 Å². The molecule has 3 atom stereocenters. The molecule has 12 N–H and O–H groups in total. The fourth-order valence-electron chi connectivity index (χ4n) is 2.65. The molecule has 0 heterocycles. The molecule has 0 aliphatic rings. The van der Waals surface area contributed by atoms with Crippen LogP contribution >= 0.6 is 0 Å². The van der Waals surface area contributed by atoms with Crippen LogP contribution in [0.15, 0.2) is 0 Å². The number of rotatable bonds is 21. The Bertz CT molecular complexity index is 286. The van der Waals surface area contributed by atoms with Gasteiger partial charge < -0.3 is 45.8 Å². The molecule has 0 radical (unpaired) electrons. The van der Waals surface area contributed by atoms with Gasteiger partial charge in [-0.05, 0) is 58.2 Å². The molecular formula is C18H45AlN6O3. The van der Waals surface area contributed by atoms with Crippen LogP contribution in [0.2, 0.25) is 0 Å². The van der Waals surface area contributed by atoms with Crippen molar-refractivity contribution < 1.29 is 11.4 Å². The van der Waals surface area contributed by atoms with E-state index in [1.54, 1.807) is 0 Å². The van der Waals surface area contributed by atoms with Gasteiger partial charge in [-0.15, -0.1) is 0 Å². The molecule has 10 heteroatoms. The number of nitrogens with two attached hydrogens (primary N) is 6. The lowest BCUT2D eigenvalue weighted by Gasteiger charge is -2.20. The monoisotopic (exact) mass is 420 g/mol. The minimum absolute atomic E-state index is 0.0507. The first-order valence-electron chi connectivity index (χ1n) is 10.7. The highest BCUT2D eigenvalue weighted by atomic mass is 27.3. The van der Waals surface area contributed by atoms with Crippen molar-refractivity contribution in [3.63, 3.8) is 0 Å². The largest absolute Gasteiger partial charge is 0.905 e. The van der Waals surface area contributed by atoms with E-state index < -0.39 is 15.1 Å².